The molecule has 8 aliphatic rings. The molecule has 0 aromatic heterocycles. The number of rotatable bonds is 12. The molecule has 8 atom stereocenters. The van der Waals surface area contributed by atoms with Crippen molar-refractivity contribution in [3.63, 3.8) is 0 Å². The molecule has 6 bridgehead atoms. The third-order valence-corrected chi connectivity index (χ3v) is 17.7. The van der Waals surface area contributed by atoms with E-state index in [0.29, 0.717) is 30.1 Å². The van der Waals surface area contributed by atoms with Gasteiger partial charge in [-0.1, -0.05) is 27.7 Å². The molecule has 1 aliphatic heterocycles. The molecule has 0 amide bonds. The van der Waals surface area contributed by atoms with Gasteiger partial charge in [-0.3, -0.25) is 19.2 Å². The minimum Gasteiger partial charge on any atom is -0.462 e. The fourth-order valence-corrected chi connectivity index (χ4v) is 12.1. The average molecular weight is 953 g/mol. The van der Waals surface area contributed by atoms with E-state index in [0.717, 1.165) is 43.9 Å². The van der Waals surface area contributed by atoms with Gasteiger partial charge >= 0.3 is 36.2 Å². The van der Waals surface area contributed by atoms with Crippen LogP contribution in [0.3, 0.4) is 0 Å². The lowest BCUT2D eigenvalue weighted by Gasteiger charge is -2.60. The molecule has 7 saturated carbocycles. The predicted molar refractivity (Wildman–Crippen MR) is 232 cm³/mol. The predicted octanol–water partition coefficient (Wildman–Crippen LogP) is 10.9. The van der Waals surface area contributed by atoms with E-state index >= 15 is 0 Å². The summed E-state index contributed by atoms with van der Waals surface area (Å²) in [6, 6.07) is 0. The Morgan fingerprint density at radius 3 is 1.52 bits per heavy atom. The molecule has 66 heavy (non-hydrogen) atoms. The molecule has 380 valence electrons. The summed E-state index contributed by atoms with van der Waals surface area (Å²) >= 11 is 0. The fourth-order valence-electron chi connectivity index (χ4n) is 12.1. The van der Waals surface area contributed by atoms with Crippen LogP contribution in [0, 0.1) is 69.5 Å². The number of alkyl halides is 6. The van der Waals surface area contributed by atoms with Crippen LogP contribution in [0.15, 0.2) is 0 Å². The molecule has 0 aromatic carbocycles. The minimum absolute atomic E-state index is 0.0364. The summed E-state index contributed by atoms with van der Waals surface area (Å²) in [5, 5.41) is 20.0. The minimum atomic E-state index is -5.98. The van der Waals surface area contributed by atoms with Crippen molar-refractivity contribution < 1.29 is 74.7 Å². The lowest BCUT2D eigenvalue weighted by Crippen LogP contribution is -2.64. The number of aliphatic hydroxyl groups is 2. The van der Waals surface area contributed by atoms with Gasteiger partial charge in [-0.15, -0.1) is 0 Å². The zero-order chi connectivity index (χ0) is 50.0. The second-order valence-corrected chi connectivity index (χ2v) is 23.5. The van der Waals surface area contributed by atoms with E-state index in [2.05, 4.69) is 13.8 Å². The van der Waals surface area contributed by atoms with Crippen LogP contribution in [0.5, 0.6) is 0 Å². The summed E-state index contributed by atoms with van der Waals surface area (Å²) < 4.78 is 102. The zero-order valence-corrected chi connectivity index (χ0v) is 41.3. The number of carbonyl (C=O) groups is 4. The SMILES string of the molecule is CCC(C)(C)C(=O)OC1(CC)C2CC3CC(C2)CC1C3.CCC(C)(C)C(=O)OC1C2CC3C(=O)OC1C3C2.CCC(C)(C)C(=O)OC1CC(C(C)(C)O)CC(C(O)(C(F)(F)F)C(F)(F)F)C1. The van der Waals surface area contributed by atoms with Gasteiger partial charge in [0.05, 0.1) is 27.8 Å². The number of fused-ring (bicyclic) bond motifs is 1. The molecule has 2 N–H and O–H groups in total. The van der Waals surface area contributed by atoms with Gasteiger partial charge in [-0.05, 0) is 175 Å². The standard InChI is InChI=1S/C18H28F6O4.C18H30O2.C14H20O4/c1-6-14(2,3)13(25)28-12-8-10(15(4,5)26)7-11(9-12)16(27,17(19,20)21)18(22,23)24;1-5-17(3,4)16(19)20-18(6-2)14-8-12-7-13(10-14)11-15(18)9-12;1-4-14(2,3)13(16)18-10-7-5-8-9(6-7)12(15)17-11(8)10/h10-12,26-27H,6-9H2,1-5H3;12-15H,5-11H2,1-4H3;7-11H,4-6H2,1-3H3. The maximum atomic E-state index is 13.3. The summed E-state index contributed by atoms with van der Waals surface area (Å²) in [6.07, 6.45) is -3.79. The summed E-state index contributed by atoms with van der Waals surface area (Å²) in [7, 11) is 0. The van der Waals surface area contributed by atoms with Crippen LogP contribution >= 0.6 is 0 Å². The zero-order valence-electron chi connectivity index (χ0n) is 41.3. The Bertz CT molecular complexity index is 1720. The topological polar surface area (TPSA) is 146 Å². The highest BCUT2D eigenvalue weighted by Crippen LogP contribution is 2.61. The number of esters is 4. The number of ether oxygens (including phenoxy) is 4. The fraction of sp³-hybridized carbons (Fsp3) is 0.920. The first-order valence-corrected chi connectivity index (χ1v) is 24.6. The van der Waals surface area contributed by atoms with Crippen molar-refractivity contribution in [2.24, 2.45) is 69.5 Å². The third-order valence-electron chi connectivity index (χ3n) is 17.7. The van der Waals surface area contributed by atoms with Gasteiger partial charge in [0.25, 0.3) is 5.60 Å². The Kier molecular flexibility index (Phi) is 15.6. The van der Waals surface area contributed by atoms with E-state index in [1.54, 1.807) is 20.8 Å². The molecule has 0 aromatic rings. The highest BCUT2D eigenvalue weighted by molar-refractivity contribution is 5.79. The first kappa shape index (κ1) is 54.3. The molecule has 8 fully saturated rings. The van der Waals surface area contributed by atoms with E-state index < -0.39 is 71.1 Å². The van der Waals surface area contributed by atoms with Crippen molar-refractivity contribution in [3.8, 4) is 0 Å². The van der Waals surface area contributed by atoms with Crippen LogP contribution in [0.25, 0.3) is 0 Å². The van der Waals surface area contributed by atoms with Crippen molar-refractivity contribution in [2.75, 3.05) is 0 Å². The van der Waals surface area contributed by atoms with Gasteiger partial charge in [0.15, 0.2) is 0 Å². The van der Waals surface area contributed by atoms with Crippen LogP contribution in [0.2, 0.25) is 0 Å². The van der Waals surface area contributed by atoms with E-state index in [1.807, 2.05) is 34.6 Å². The molecule has 7 aliphatic carbocycles. The molecule has 1 heterocycles. The summed E-state index contributed by atoms with van der Waals surface area (Å²) in [5.74, 6) is -0.488. The molecule has 0 spiro atoms. The molecule has 8 rings (SSSR count). The molecule has 16 heteroatoms. The normalized spacial score (nSPS) is 35.0. The molecule has 8 unspecified atom stereocenters. The van der Waals surface area contributed by atoms with Crippen LogP contribution in [-0.2, 0) is 38.1 Å². The lowest BCUT2D eigenvalue weighted by atomic mass is 9.49. The van der Waals surface area contributed by atoms with Crippen molar-refractivity contribution in [3.05, 3.63) is 0 Å². The number of hydrogen-bond acceptors (Lipinski definition) is 10. The molecule has 10 nitrogen and oxygen atoms in total. The monoisotopic (exact) mass is 953 g/mol. The molecule has 0 radical (unpaired) electrons. The largest absolute Gasteiger partial charge is 0.462 e. The summed E-state index contributed by atoms with van der Waals surface area (Å²) in [6.45, 7) is 21.4. The highest BCUT2D eigenvalue weighted by Gasteiger charge is 2.74. The Balaban J connectivity index is 0.000000190. The van der Waals surface area contributed by atoms with Crippen LogP contribution in [0.1, 0.15) is 173 Å². The Hall–Kier alpha value is -2.62. The Labute approximate surface area is 387 Å². The second-order valence-electron chi connectivity index (χ2n) is 23.5. The summed E-state index contributed by atoms with van der Waals surface area (Å²) in [4.78, 5) is 48.6. The third kappa shape index (κ3) is 10.4. The maximum Gasteiger partial charge on any atom is 0.426 e. The number of halogens is 6. The number of hydrogen-bond donors (Lipinski definition) is 2. The van der Waals surface area contributed by atoms with Crippen LogP contribution in [0.4, 0.5) is 26.3 Å². The highest BCUT2D eigenvalue weighted by atomic mass is 19.4. The van der Waals surface area contributed by atoms with Crippen molar-refractivity contribution >= 4 is 23.9 Å². The van der Waals surface area contributed by atoms with Crippen molar-refractivity contribution in [1.82, 2.24) is 0 Å². The van der Waals surface area contributed by atoms with Gasteiger partial charge in [0.2, 0.25) is 0 Å². The van der Waals surface area contributed by atoms with Gasteiger partial charge in [-0.2, -0.15) is 26.3 Å². The van der Waals surface area contributed by atoms with Gasteiger partial charge in [-0.25, -0.2) is 0 Å². The number of carbonyl (C=O) groups excluding carboxylic acids is 4. The van der Waals surface area contributed by atoms with Gasteiger partial charge < -0.3 is 29.2 Å². The molecular weight excluding hydrogens is 875 g/mol. The van der Waals surface area contributed by atoms with E-state index in [4.69, 9.17) is 18.9 Å². The lowest BCUT2D eigenvalue weighted by molar-refractivity contribution is -0.390. The van der Waals surface area contributed by atoms with Crippen molar-refractivity contribution in [2.45, 2.75) is 220 Å². The van der Waals surface area contributed by atoms with E-state index in [9.17, 15) is 55.7 Å². The first-order chi connectivity index (χ1) is 30.1. The van der Waals surface area contributed by atoms with Gasteiger partial charge in [0.1, 0.15) is 23.9 Å². The van der Waals surface area contributed by atoms with Crippen LogP contribution < -0.4 is 0 Å². The summed E-state index contributed by atoms with van der Waals surface area (Å²) in [5.41, 5.74) is -8.48. The Morgan fingerprint density at radius 2 is 1.08 bits per heavy atom. The molecular formula is C50H78F6O10. The Morgan fingerprint density at radius 1 is 0.621 bits per heavy atom. The van der Waals surface area contributed by atoms with Gasteiger partial charge in [0, 0.05) is 17.8 Å². The average Bonchev–Trinajstić information content (AvgIpc) is 3.86. The molecule has 1 saturated heterocycles. The van der Waals surface area contributed by atoms with Crippen molar-refractivity contribution in [1.29, 1.82) is 0 Å². The van der Waals surface area contributed by atoms with E-state index in [1.165, 1.54) is 46.0 Å². The quantitative estimate of drug-likeness (QED) is 0.110. The first-order valence-electron chi connectivity index (χ1n) is 24.6. The van der Waals surface area contributed by atoms with E-state index in [-0.39, 0.29) is 53.5 Å². The smallest absolute Gasteiger partial charge is 0.426 e. The maximum absolute atomic E-state index is 13.3. The second kappa shape index (κ2) is 18.9. The van der Waals surface area contributed by atoms with Crippen LogP contribution in [-0.4, -0.2) is 81.6 Å².